The molecule has 0 aliphatic rings. The molecule has 1 amide bonds. The summed E-state index contributed by atoms with van der Waals surface area (Å²) in [6.07, 6.45) is 0.108. The number of para-hydroxylation sites is 1. The lowest BCUT2D eigenvalue weighted by atomic mass is 10.0. The predicted molar refractivity (Wildman–Crippen MR) is 174 cm³/mol. The molecule has 0 aromatic heterocycles. The Morgan fingerprint density at radius 1 is 0.644 bits per heavy atom. The van der Waals surface area contributed by atoms with Crippen molar-refractivity contribution in [1.82, 2.24) is 10.2 Å². The summed E-state index contributed by atoms with van der Waals surface area (Å²) in [7, 11) is 0. The van der Waals surface area contributed by atoms with Gasteiger partial charge in [-0.2, -0.15) is 0 Å². The SMILES string of the molecule is O=C(NC(Cc1cccc(Oc2ccccc2)c1)C(=O)O)c1ccc(OCCN(Cc2ccccc2)Cc2ccccc2)cc1. The third kappa shape index (κ3) is 9.81. The maximum atomic E-state index is 13.0. The van der Waals surface area contributed by atoms with E-state index in [0.29, 0.717) is 36.0 Å². The second-order valence-corrected chi connectivity index (χ2v) is 10.7. The molecule has 0 heterocycles. The number of benzene rings is 5. The molecule has 5 aromatic rings. The lowest BCUT2D eigenvalue weighted by molar-refractivity contribution is -0.139. The number of hydrogen-bond donors (Lipinski definition) is 2. The van der Waals surface area contributed by atoms with E-state index in [1.807, 2.05) is 72.8 Å². The smallest absolute Gasteiger partial charge is 0.326 e. The van der Waals surface area contributed by atoms with Gasteiger partial charge in [0.05, 0.1) is 0 Å². The normalized spacial score (nSPS) is 11.5. The summed E-state index contributed by atoms with van der Waals surface area (Å²) < 4.78 is 11.9. The summed E-state index contributed by atoms with van der Waals surface area (Å²) in [6, 6.07) is 42.9. The molecule has 45 heavy (non-hydrogen) atoms. The van der Waals surface area contributed by atoms with E-state index in [2.05, 4.69) is 34.5 Å². The quantitative estimate of drug-likeness (QED) is 0.135. The fourth-order valence-corrected chi connectivity index (χ4v) is 4.93. The molecule has 0 spiro atoms. The van der Waals surface area contributed by atoms with Crippen molar-refractivity contribution in [2.24, 2.45) is 0 Å². The van der Waals surface area contributed by atoms with Gasteiger partial charge in [-0.3, -0.25) is 9.69 Å². The standard InChI is InChI=1S/C38H36N2O5/c41-37(39-36(38(42)43)26-31-15-10-18-35(25-31)45-34-16-8-3-9-17-34)32-19-21-33(22-20-32)44-24-23-40(27-29-11-4-1-5-12-29)28-30-13-6-2-7-14-30/h1-22,25,36H,23-24,26-28H2,(H,39,41)(H,42,43). The number of ether oxygens (including phenoxy) is 2. The van der Waals surface area contributed by atoms with Gasteiger partial charge in [-0.25, -0.2) is 4.79 Å². The van der Waals surface area contributed by atoms with Crippen LogP contribution in [0.1, 0.15) is 27.0 Å². The number of rotatable bonds is 15. The van der Waals surface area contributed by atoms with E-state index >= 15 is 0 Å². The highest BCUT2D eigenvalue weighted by molar-refractivity contribution is 5.96. The van der Waals surface area contributed by atoms with Crippen molar-refractivity contribution in [2.45, 2.75) is 25.6 Å². The monoisotopic (exact) mass is 600 g/mol. The Morgan fingerprint density at radius 2 is 1.20 bits per heavy atom. The number of carbonyl (C=O) groups is 2. The van der Waals surface area contributed by atoms with E-state index in [1.165, 1.54) is 11.1 Å². The van der Waals surface area contributed by atoms with Gasteiger partial charge in [-0.05, 0) is 65.2 Å². The number of nitrogens with zero attached hydrogens (tertiary/aromatic N) is 1. The Labute approximate surface area is 263 Å². The van der Waals surface area contributed by atoms with Crippen LogP contribution in [0.4, 0.5) is 0 Å². The largest absolute Gasteiger partial charge is 0.492 e. The molecule has 7 heteroatoms. The topological polar surface area (TPSA) is 88.1 Å². The van der Waals surface area contributed by atoms with E-state index in [-0.39, 0.29) is 6.42 Å². The fraction of sp³-hybridized carbons (Fsp3) is 0.158. The summed E-state index contributed by atoms with van der Waals surface area (Å²) in [5.74, 6) is 0.321. The number of nitrogens with one attached hydrogen (secondary N) is 1. The van der Waals surface area contributed by atoms with Crippen LogP contribution in [-0.4, -0.2) is 41.1 Å². The van der Waals surface area contributed by atoms with Crippen LogP contribution in [0.2, 0.25) is 0 Å². The van der Waals surface area contributed by atoms with Gasteiger partial charge in [0, 0.05) is 31.6 Å². The predicted octanol–water partition coefficient (Wildman–Crippen LogP) is 6.99. The summed E-state index contributed by atoms with van der Waals surface area (Å²) in [4.78, 5) is 27.3. The molecule has 1 unspecified atom stereocenters. The van der Waals surface area contributed by atoms with Gasteiger partial charge in [0.2, 0.25) is 0 Å². The van der Waals surface area contributed by atoms with E-state index in [9.17, 15) is 14.7 Å². The highest BCUT2D eigenvalue weighted by atomic mass is 16.5. The molecule has 0 aliphatic carbocycles. The first kappa shape index (κ1) is 31.0. The minimum Gasteiger partial charge on any atom is -0.492 e. The van der Waals surface area contributed by atoms with Crippen LogP contribution in [-0.2, 0) is 24.3 Å². The molecule has 0 saturated heterocycles. The summed E-state index contributed by atoms with van der Waals surface area (Å²) in [5, 5.41) is 12.5. The molecule has 0 saturated carbocycles. The molecule has 228 valence electrons. The molecular formula is C38H36N2O5. The van der Waals surface area contributed by atoms with Crippen molar-refractivity contribution in [2.75, 3.05) is 13.2 Å². The fourth-order valence-electron chi connectivity index (χ4n) is 4.93. The van der Waals surface area contributed by atoms with E-state index in [1.54, 1.807) is 42.5 Å². The van der Waals surface area contributed by atoms with Crippen molar-refractivity contribution in [1.29, 1.82) is 0 Å². The van der Waals surface area contributed by atoms with Gasteiger partial charge >= 0.3 is 5.97 Å². The Bertz CT molecular complexity index is 1600. The van der Waals surface area contributed by atoms with E-state index < -0.39 is 17.9 Å². The van der Waals surface area contributed by atoms with Crippen LogP contribution < -0.4 is 14.8 Å². The minimum atomic E-state index is -1.12. The number of hydrogen-bond acceptors (Lipinski definition) is 5. The first-order valence-electron chi connectivity index (χ1n) is 14.9. The molecule has 5 aromatic carbocycles. The number of carboxylic acid groups (broad SMARTS) is 1. The molecule has 0 aliphatic heterocycles. The molecule has 5 rings (SSSR count). The van der Waals surface area contributed by atoms with Gasteiger partial charge in [0.15, 0.2) is 0 Å². The van der Waals surface area contributed by atoms with Crippen LogP contribution in [0.15, 0.2) is 140 Å². The Hall–Kier alpha value is -5.40. The molecular weight excluding hydrogens is 564 g/mol. The van der Waals surface area contributed by atoms with Crippen molar-refractivity contribution in [3.05, 3.63) is 162 Å². The molecule has 7 nitrogen and oxygen atoms in total. The number of amides is 1. The highest BCUT2D eigenvalue weighted by Crippen LogP contribution is 2.22. The van der Waals surface area contributed by atoms with E-state index in [4.69, 9.17) is 9.47 Å². The maximum Gasteiger partial charge on any atom is 0.326 e. The van der Waals surface area contributed by atoms with Crippen LogP contribution >= 0.6 is 0 Å². The van der Waals surface area contributed by atoms with Crippen molar-refractivity contribution < 1.29 is 24.2 Å². The Kier molecular flexibility index (Phi) is 11.0. The molecule has 0 radical (unpaired) electrons. The molecule has 1 atom stereocenters. The van der Waals surface area contributed by atoms with Gasteiger partial charge in [0.25, 0.3) is 5.91 Å². The third-order valence-corrected chi connectivity index (χ3v) is 7.21. The van der Waals surface area contributed by atoms with Crippen molar-refractivity contribution in [3.8, 4) is 17.2 Å². The van der Waals surface area contributed by atoms with Gasteiger partial charge in [0.1, 0.15) is 29.9 Å². The molecule has 0 bridgehead atoms. The number of carboxylic acids is 1. The second kappa shape index (κ2) is 15.9. The zero-order valence-corrected chi connectivity index (χ0v) is 24.9. The van der Waals surface area contributed by atoms with Crippen molar-refractivity contribution >= 4 is 11.9 Å². The third-order valence-electron chi connectivity index (χ3n) is 7.21. The summed E-state index contributed by atoms with van der Waals surface area (Å²) in [6.45, 7) is 2.78. The first-order valence-corrected chi connectivity index (χ1v) is 14.9. The second-order valence-electron chi connectivity index (χ2n) is 10.7. The van der Waals surface area contributed by atoms with Crippen molar-refractivity contribution in [3.63, 3.8) is 0 Å². The Morgan fingerprint density at radius 3 is 1.80 bits per heavy atom. The number of carbonyl (C=O) groups excluding carboxylic acids is 1. The lowest BCUT2D eigenvalue weighted by Gasteiger charge is -2.23. The maximum absolute atomic E-state index is 13.0. The van der Waals surface area contributed by atoms with E-state index in [0.717, 1.165) is 18.7 Å². The summed E-state index contributed by atoms with van der Waals surface area (Å²) in [5.41, 5.74) is 3.55. The van der Waals surface area contributed by atoms with Crippen LogP contribution in [0.25, 0.3) is 0 Å². The van der Waals surface area contributed by atoms with Gasteiger partial charge in [-0.1, -0.05) is 91.0 Å². The molecule has 2 N–H and O–H groups in total. The average molecular weight is 601 g/mol. The zero-order valence-electron chi connectivity index (χ0n) is 24.9. The van der Waals surface area contributed by atoms with Gasteiger partial charge < -0.3 is 19.9 Å². The first-order chi connectivity index (χ1) is 22.0. The minimum absolute atomic E-state index is 0.108. The average Bonchev–Trinajstić information content (AvgIpc) is 3.06. The van der Waals surface area contributed by atoms with Crippen LogP contribution in [0.3, 0.4) is 0 Å². The zero-order chi connectivity index (χ0) is 31.3. The van der Waals surface area contributed by atoms with Crippen LogP contribution in [0, 0.1) is 0 Å². The van der Waals surface area contributed by atoms with Gasteiger partial charge in [-0.15, -0.1) is 0 Å². The highest BCUT2D eigenvalue weighted by Gasteiger charge is 2.21. The molecule has 0 fully saturated rings. The number of aliphatic carboxylic acids is 1. The Balaban J connectivity index is 1.14. The lowest BCUT2D eigenvalue weighted by Crippen LogP contribution is -2.42. The van der Waals surface area contributed by atoms with Crippen LogP contribution in [0.5, 0.6) is 17.2 Å². The summed E-state index contributed by atoms with van der Waals surface area (Å²) >= 11 is 0.